The Kier molecular flexibility index (Phi) is 4.35. The molecule has 0 aromatic rings. The topological polar surface area (TPSA) is 49.5 Å². The van der Waals surface area contributed by atoms with Crippen molar-refractivity contribution in [3.8, 4) is 0 Å². The number of aliphatic hydroxyl groups excluding tert-OH is 1. The average molecular weight is 200 g/mol. The van der Waals surface area contributed by atoms with Crippen LogP contribution in [0.3, 0.4) is 0 Å². The van der Waals surface area contributed by atoms with E-state index in [1.54, 1.807) is 0 Å². The summed E-state index contributed by atoms with van der Waals surface area (Å²) >= 11 is 0. The van der Waals surface area contributed by atoms with E-state index in [1.165, 1.54) is 13.0 Å². The van der Waals surface area contributed by atoms with Gasteiger partial charge in [0, 0.05) is 5.54 Å². The molecule has 14 heavy (non-hydrogen) atoms. The van der Waals surface area contributed by atoms with Gasteiger partial charge in [-0.25, -0.2) is 0 Å². The first kappa shape index (κ1) is 12.0. The van der Waals surface area contributed by atoms with Crippen molar-refractivity contribution in [1.82, 2.24) is 4.90 Å². The van der Waals surface area contributed by atoms with E-state index in [0.29, 0.717) is 0 Å². The number of hydrogen-bond acceptors (Lipinski definition) is 3. The molecule has 3 nitrogen and oxygen atoms in total. The number of nitrogens with two attached hydrogens (primary N) is 1. The normalized spacial score (nSPS) is 22.9. The summed E-state index contributed by atoms with van der Waals surface area (Å²) in [7, 11) is 0. The number of likely N-dealkylation sites (tertiary alicyclic amines) is 1. The van der Waals surface area contributed by atoms with Gasteiger partial charge in [-0.05, 0) is 44.8 Å². The van der Waals surface area contributed by atoms with Crippen LogP contribution >= 0.6 is 0 Å². The van der Waals surface area contributed by atoms with Gasteiger partial charge in [0.2, 0.25) is 0 Å². The summed E-state index contributed by atoms with van der Waals surface area (Å²) in [4.78, 5) is 2.46. The van der Waals surface area contributed by atoms with Gasteiger partial charge in [-0.1, -0.05) is 13.8 Å². The van der Waals surface area contributed by atoms with Crippen LogP contribution in [0.15, 0.2) is 0 Å². The highest BCUT2D eigenvalue weighted by atomic mass is 16.3. The first-order valence-electron chi connectivity index (χ1n) is 5.68. The van der Waals surface area contributed by atoms with E-state index in [2.05, 4.69) is 18.7 Å². The Hall–Kier alpha value is -0.120. The predicted octanol–water partition coefficient (Wildman–Crippen LogP) is 0.818. The predicted molar refractivity (Wildman–Crippen MR) is 59.1 cm³/mol. The molecule has 0 amide bonds. The molecule has 0 radical (unpaired) electrons. The van der Waals surface area contributed by atoms with Crippen molar-refractivity contribution in [2.45, 2.75) is 38.6 Å². The fraction of sp³-hybridized carbons (Fsp3) is 1.00. The van der Waals surface area contributed by atoms with Crippen LogP contribution in [0, 0.1) is 5.92 Å². The largest absolute Gasteiger partial charge is 0.394 e. The molecule has 84 valence electrons. The van der Waals surface area contributed by atoms with E-state index in [4.69, 9.17) is 10.8 Å². The van der Waals surface area contributed by atoms with E-state index in [0.717, 1.165) is 31.8 Å². The lowest BCUT2D eigenvalue weighted by Gasteiger charge is -2.38. The Bertz CT molecular complexity index is 163. The molecule has 0 spiro atoms. The zero-order valence-electron chi connectivity index (χ0n) is 9.50. The zero-order chi connectivity index (χ0) is 10.6. The van der Waals surface area contributed by atoms with Gasteiger partial charge < -0.3 is 15.7 Å². The molecule has 0 atom stereocenters. The minimum atomic E-state index is -0.297. The number of aliphatic hydroxyl groups is 1. The SMILES string of the molecule is CC(C)CCN1CCC(N)(CO)CC1. The third-order valence-electron chi connectivity index (χ3n) is 3.19. The smallest absolute Gasteiger partial charge is 0.0612 e. The molecular formula is C11H24N2O. The summed E-state index contributed by atoms with van der Waals surface area (Å²) in [5.41, 5.74) is 5.70. The number of hydrogen-bond donors (Lipinski definition) is 2. The fourth-order valence-electron chi connectivity index (χ4n) is 1.82. The second kappa shape index (κ2) is 5.10. The summed E-state index contributed by atoms with van der Waals surface area (Å²) in [5.74, 6) is 0.775. The van der Waals surface area contributed by atoms with E-state index < -0.39 is 0 Å². The van der Waals surface area contributed by atoms with Crippen molar-refractivity contribution >= 4 is 0 Å². The molecule has 3 N–H and O–H groups in total. The summed E-state index contributed by atoms with van der Waals surface area (Å²) in [6.45, 7) is 7.91. The highest BCUT2D eigenvalue weighted by Crippen LogP contribution is 2.19. The molecule has 3 heteroatoms. The monoisotopic (exact) mass is 200 g/mol. The molecule has 1 fully saturated rings. The average Bonchev–Trinajstić information content (AvgIpc) is 2.17. The Labute approximate surface area is 87.3 Å². The number of piperidine rings is 1. The first-order valence-corrected chi connectivity index (χ1v) is 5.68. The van der Waals surface area contributed by atoms with Crippen molar-refractivity contribution in [3.63, 3.8) is 0 Å². The Balaban J connectivity index is 2.22. The molecule has 1 heterocycles. The minimum Gasteiger partial charge on any atom is -0.394 e. The van der Waals surface area contributed by atoms with Crippen molar-refractivity contribution in [1.29, 1.82) is 0 Å². The van der Waals surface area contributed by atoms with Gasteiger partial charge in [0.25, 0.3) is 0 Å². The van der Waals surface area contributed by atoms with Crippen LogP contribution in [-0.2, 0) is 0 Å². The van der Waals surface area contributed by atoms with Crippen LogP contribution in [0.2, 0.25) is 0 Å². The standard InChI is InChI=1S/C11H24N2O/c1-10(2)3-6-13-7-4-11(12,9-14)5-8-13/h10,14H,3-9,12H2,1-2H3. The molecule has 1 aliphatic rings. The lowest BCUT2D eigenvalue weighted by Crippen LogP contribution is -2.52. The molecule has 0 aliphatic carbocycles. The Morgan fingerprint density at radius 3 is 2.36 bits per heavy atom. The maximum absolute atomic E-state index is 9.11. The molecule has 0 saturated carbocycles. The third kappa shape index (κ3) is 3.56. The Morgan fingerprint density at radius 1 is 1.36 bits per heavy atom. The number of rotatable bonds is 4. The van der Waals surface area contributed by atoms with Crippen LogP contribution in [0.1, 0.15) is 33.1 Å². The van der Waals surface area contributed by atoms with Gasteiger partial charge in [0.15, 0.2) is 0 Å². The molecule has 0 aromatic heterocycles. The van der Waals surface area contributed by atoms with Crippen LogP contribution in [0.5, 0.6) is 0 Å². The first-order chi connectivity index (χ1) is 6.56. The van der Waals surface area contributed by atoms with Crippen molar-refractivity contribution in [3.05, 3.63) is 0 Å². The molecule has 0 unspecified atom stereocenters. The quantitative estimate of drug-likeness (QED) is 0.706. The van der Waals surface area contributed by atoms with Crippen LogP contribution in [0.25, 0.3) is 0 Å². The van der Waals surface area contributed by atoms with Crippen molar-refractivity contribution in [2.24, 2.45) is 11.7 Å². The van der Waals surface area contributed by atoms with Gasteiger partial charge in [0.1, 0.15) is 0 Å². The Morgan fingerprint density at radius 2 is 1.93 bits per heavy atom. The van der Waals surface area contributed by atoms with Crippen molar-refractivity contribution in [2.75, 3.05) is 26.2 Å². The van der Waals surface area contributed by atoms with E-state index in [9.17, 15) is 0 Å². The highest BCUT2D eigenvalue weighted by Gasteiger charge is 2.29. The van der Waals surface area contributed by atoms with E-state index in [1.807, 2.05) is 0 Å². The van der Waals surface area contributed by atoms with Crippen molar-refractivity contribution < 1.29 is 5.11 Å². The summed E-state index contributed by atoms with van der Waals surface area (Å²) < 4.78 is 0. The van der Waals surface area contributed by atoms with E-state index >= 15 is 0 Å². The molecule has 1 saturated heterocycles. The van der Waals surface area contributed by atoms with Crippen LogP contribution in [0.4, 0.5) is 0 Å². The van der Waals surface area contributed by atoms with Gasteiger partial charge in [-0.3, -0.25) is 0 Å². The zero-order valence-corrected chi connectivity index (χ0v) is 9.50. The summed E-state index contributed by atoms with van der Waals surface area (Å²) in [6.07, 6.45) is 3.12. The highest BCUT2D eigenvalue weighted by molar-refractivity contribution is 4.89. The van der Waals surface area contributed by atoms with Gasteiger partial charge >= 0.3 is 0 Å². The lowest BCUT2D eigenvalue weighted by molar-refractivity contribution is 0.103. The minimum absolute atomic E-state index is 0.130. The maximum atomic E-state index is 9.11. The summed E-state index contributed by atoms with van der Waals surface area (Å²) in [6, 6.07) is 0. The maximum Gasteiger partial charge on any atom is 0.0612 e. The van der Waals surface area contributed by atoms with Gasteiger partial charge in [0.05, 0.1) is 6.61 Å². The van der Waals surface area contributed by atoms with Crippen LogP contribution < -0.4 is 5.73 Å². The lowest BCUT2D eigenvalue weighted by atomic mass is 9.89. The molecule has 0 aromatic carbocycles. The molecule has 0 bridgehead atoms. The fourth-order valence-corrected chi connectivity index (χ4v) is 1.82. The second-order valence-electron chi connectivity index (χ2n) is 5.04. The van der Waals surface area contributed by atoms with Crippen LogP contribution in [-0.4, -0.2) is 41.8 Å². The molecular weight excluding hydrogens is 176 g/mol. The third-order valence-corrected chi connectivity index (χ3v) is 3.19. The molecule has 1 aliphatic heterocycles. The van der Waals surface area contributed by atoms with Gasteiger partial charge in [-0.2, -0.15) is 0 Å². The van der Waals surface area contributed by atoms with E-state index in [-0.39, 0.29) is 12.1 Å². The molecule has 1 rings (SSSR count). The number of nitrogens with zero attached hydrogens (tertiary/aromatic N) is 1. The summed E-state index contributed by atoms with van der Waals surface area (Å²) in [5, 5.41) is 9.11. The second-order valence-corrected chi connectivity index (χ2v) is 5.04. The van der Waals surface area contributed by atoms with Gasteiger partial charge in [-0.15, -0.1) is 0 Å².